The molecule has 0 radical (unpaired) electrons. The van der Waals surface area contributed by atoms with Gasteiger partial charge in [-0.2, -0.15) is 0 Å². The van der Waals surface area contributed by atoms with E-state index in [0.717, 1.165) is 37.9 Å². The quantitative estimate of drug-likeness (QED) is 0.788. The summed E-state index contributed by atoms with van der Waals surface area (Å²) in [5, 5.41) is 2.85. The lowest BCUT2D eigenvalue weighted by Gasteiger charge is -2.29. The number of carbonyl (C=O) groups excluding carboxylic acids is 2. The molecule has 0 unspecified atom stereocenters. The summed E-state index contributed by atoms with van der Waals surface area (Å²) in [6.07, 6.45) is 3.43. The van der Waals surface area contributed by atoms with Crippen molar-refractivity contribution >= 4 is 33.2 Å². The van der Waals surface area contributed by atoms with Gasteiger partial charge in [0.1, 0.15) is 0 Å². The lowest BCUT2D eigenvalue weighted by Crippen LogP contribution is -2.38. The Morgan fingerprint density at radius 3 is 2.39 bits per heavy atom. The predicted octanol–water partition coefficient (Wildman–Crippen LogP) is 3.41. The van der Waals surface area contributed by atoms with Gasteiger partial charge in [-0.15, -0.1) is 0 Å². The minimum absolute atomic E-state index is 0.0857. The number of sulfonamides is 1. The topological polar surface area (TPSA) is 86.8 Å². The first-order chi connectivity index (χ1) is 14.9. The number of nitrogens with zero attached hydrogens (tertiary/aromatic N) is 2. The van der Waals surface area contributed by atoms with Gasteiger partial charge in [-0.1, -0.05) is 18.2 Å². The smallest absolute Gasteiger partial charge is 0.255 e. The molecule has 2 fully saturated rings. The van der Waals surface area contributed by atoms with Crippen LogP contribution < -0.4 is 9.62 Å². The van der Waals surface area contributed by atoms with Crippen molar-refractivity contribution in [1.82, 2.24) is 4.90 Å². The first kappa shape index (κ1) is 21.4. The van der Waals surface area contributed by atoms with Gasteiger partial charge in [0, 0.05) is 25.2 Å². The summed E-state index contributed by atoms with van der Waals surface area (Å²) < 4.78 is 26.5. The minimum atomic E-state index is -3.38. The molecule has 2 aromatic rings. The number of carbonyl (C=O) groups is 2. The van der Waals surface area contributed by atoms with Gasteiger partial charge in [-0.05, 0) is 62.4 Å². The molecule has 0 atom stereocenters. The summed E-state index contributed by atoms with van der Waals surface area (Å²) in [6.45, 7) is 3.71. The molecule has 2 heterocycles. The van der Waals surface area contributed by atoms with Gasteiger partial charge < -0.3 is 10.2 Å². The van der Waals surface area contributed by atoms with Gasteiger partial charge in [0.25, 0.3) is 11.8 Å². The SMILES string of the molecule is Cc1ccc(C(=O)Nc2ccccc2C(=O)N2CCCC2)cc1N1CCCCS1(=O)=O. The molecule has 2 aliphatic rings. The number of amides is 2. The summed E-state index contributed by atoms with van der Waals surface area (Å²) in [6, 6.07) is 12.0. The van der Waals surface area contributed by atoms with Gasteiger partial charge in [0.2, 0.25) is 10.0 Å². The van der Waals surface area contributed by atoms with Crippen molar-refractivity contribution in [3.63, 3.8) is 0 Å². The van der Waals surface area contributed by atoms with Crippen LogP contribution in [-0.2, 0) is 10.0 Å². The number of anilines is 2. The molecule has 8 heteroatoms. The standard InChI is InChI=1S/C23H27N3O4S/c1-17-10-11-18(16-21(17)26-14-6-7-15-31(26,29)30)22(27)24-20-9-3-2-8-19(20)23(28)25-12-4-5-13-25/h2-3,8-11,16H,4-7,12-15H2,1H3,(H,24,27). The maximum Gasteiger partial charge on any atom is 0.255 e. The Morgan fingerprint density at radius 2 is 1.65 bits per heavy atom. The molecule has 0 aliphatic carbocycles. The number of aryl methyl sites for hydroxylation is 1. The minimum Gasteiger partial charge on any atom is -0.339 e. The van der Waals surface area contributed by atoms with E-state index in [9.17, 15) is 18.0 Å². The van der Waals surface area contributed by atoms with Crippen LogP contribution in [0.1, 0.15) is 52.0 Å². The zero-order valence-corrected chi connectivity index (χ0v) is 18.5. The fourth-order valence-electron chi connectivity index (χ4n) is 4.14. The highest BCUT2D eigenvalue weighted by Gasteiger charge is 2.28. The average molecular weight is 442 g/mol. The lowest BCUT2D eigenvalue weighted by atomic mass is 10.1. The molecule has 0 bridgehead atoms. The van der Waals surface area contributed by atoms with E-state index in [4.69, 9.17) is 0 Å². The van der Waals surface area contributed by atoms with Crippen LogP contribution in [0.5, 0.6) is 0 Å². The molecule has 7 nitrogen and oxygen atoms in total. The van der Waals surface area contributed by atoms with Crippen molar-refractivity contribution in [3.8, 4) is 0 Å². The van der Waals surface area contributed by atoms with Crippen molar-refractivity contribution in [3.05, 3.63) is 59.2 Å². The summed E-state index contributed by atoms with van der Waals surface area (Å²) in [7, 11) is -3.38. The fourth-order valence-corrected chi connectivity index (χ4v) is 5.84. The first-order valence-electron chi connectivity index (χ1n) is 10.7. The number of hydrogen-bond acceptors (Lipinski definition) is 4. The Balaban J connectivity index is 1.60. The van der Waals surface area contributed by atoms with Crippen molar-refractivity contribution in [2.45, 2.75) is 32.6 Å². The van der Waals surface area contributed by atoms with Crippen LogP contribution in [-0.4, -0.2) is 50.5 Å². The zero-order chi connectivity index (χ0) is 22.0. The van der Waals surface area contributed by atoms with Crippen LogP contribution in [0.2, 0.25) is 0 Å². The van der Waals surface area contributed by atoms with Crippen LogP contribution in [0.15, 0.2) is 42.5 Å². The Labute approximate surface area is 183 Å². The Hall–Kier alpha value is -2.87. The highest BCUT2D eigenvalue weighted by Crippen LogP contribution is 2.28. The zero-order valence-electron chi connectivity index (χ0n) is 17.6. The molecule has 0 saturated carbocycles. The average Bonchev–Trinajstić information content (AvgIpc) is 3.29. The fraction of sp³-hybridized carbons (Fsp3) is 0.391. The van der Waals surface area contributed by atoms with Crippen molar-refractivity contribution in [1.29, 1.82) is 0 Å². The van der Waals surface area contributed by atoms with E-state index in [1.165, 1.54) is 4.31 Å². The molecule has 0 spiro atoms. The molecular weight excluding hydrogens is 414 g/mol. The van der Waals surface area contributed by atoms with E-state index >= 15 is 0 Å². The second kappa shape index (κ2) is 8.70. The number of para-hydroxylation sites is 1. The van der Waals surface area contributed by atoms with Crippen LogP contribution in [0.25, 0.3) is 0 Å². The van der Waals surface area contributed by atoms with Crippen molar-refractivity contribution in [2.24, 2.45) is 0 Å². The first-order valence-corrected chi connectivity index (χ1v) is 12.3. The van der Waals surface area contributed by atoms with E-state index in [0.29, 0.717) is 35.5 Å². The largest absolute Gasteiger partial charge is 0.339 e. The molecule has 1 N–H and O–H groups in total. The predicted molar refractivity (Wildman–Crippen MR) is 121 cm³/mol. The van der Waals surface area contributed by atoms with Crippen molar-refractivity contribution < 1.29 is 18.0 Å². The van der Waals surface area contributed by atoms with Crippen molar-refractivity contribution in [2.75, 3.05) is 35.0 Å². The van der Waals surface area contributed by atoms with Crippen LogP contribution >= 0.6 is 0 Å². The van der Waals surface area contributed by atoms with Crippen LogP contribution in [0.3, 0.4) is 0 Å². The van der Waals surface area contributed by atoms with E-state index in [1.807, 2.05) is 6.92 Å². The summed E-state index contributed by atoms with van der Waals surface area (Å²) >= 11 is 0. The molecule has 2 saturated heterocycles. The lowest BCUT2D eigenvalue weighted by molar-refractivity contribution is 0.0794. The maximum atomic E-state index is 13.0. The molecule has 31 heavy (non-hydrogen) atoms. The number of benzene rings is 2. The van der Waals surface area contributed by atoms with Crippen LogP contribution in [0.4, 0.5) is 11.4 Å². The van der Waals surface area contributed by atoms with Gasteiger partial charge in [0.15, 0.2) is 0 Å². The van der Waals surface area contributed by atoms with E-state index in [1.54, 1.807) is 47.4 Å². The monoisotopic (exact) mass is 441 g/mol. The molecule has 2 aliphatic heterocycles. The van der Waals surface area contributed by atoms with Gasteiger partial charge in [0.05, 0.1) is 22.7 Å². The van der Waals surface area contributed by atoms with Gasteiger partial charge in [-0.3, -0.25) is 13.9 Å². The Morgan fingerprint density at radius 1 is 0.935 bits per heavy atom. The Kier molecular flexibility index (Phi) is 6.00. The summed E-state index contributed by atoms with van der Waals surface area (Å²) in [5.74, 6) is -0.343. The third-order valence-electron chi connectivity index (χ3n) is 5.89. The Bertz CT molecular complexity index is 1110. The molecule has 4 rings (SSSR count). The number of hydrogen-bond donors (Lipinski definition) is 1. The van der Waals surface area contributed by atoms with Crippen LogP contribution in [0, 0.1) is 6.92 Å². The highest BCUT2D eigenvalue weighted by atomic mass is 32.2. The number of nitrogens with one attached hydrogen (secondary N) is 1. The third kappa shape index (κ3) is 4.44. The second-order valence-corrected chi connectivity index (χ2v) is 10.1. The highest BCUT2D eigenvalue weighted by molar-refractivity contribution is 7.92. The number of likely N-dealkylation sites (tertiary alicyclic amines) is 1. The normalized spacial score (nSPS) is 18.1. The van der Waals surface area contributed by atoms with Gasteiger partial charge >= 0.3 is 0 Å². The summed E-state index contributed by atoms with van der Waals surface area (Å²) in [5.41, 5.74) is 2.60. The summed E-state index contributed by atoms with van der Waals surface area (Å²) in [4.78, 5) is 27.7. The molecule has 2 aromatic carbocycles. The molecular formula is C23H27N3O4S. The molecule has 2 amide bonds. The third-order valence-corrected chi connectivity index (χ3v) is 7.74. The molecule has 164 valence electrons. The van der Waals surface area contributed by atoms with E-state index < -0.39 is 10.0 Å². The number of rotatable bonds is 4. The maximum absolute atomic E-state index is 13.0. The van der Waals surface area contributed by atoms with Gasteiger partial charge in [-0.25, -0.2) is 8.42 Å². The van der Waals surface area contributed by atoms with E-state index in [2.05, 4.69) is 5.32 Å². The van der Waals surface area contributed by atoms with E-state index in [-0.39, 0.29) is 17.6 Å². The molecule has 0 aromatic heterocycles. The second-order valence-electron chi connectivity index (χ2n) is 8.10.